The molecule has 0 bridgehead atoms. The molecule has 0 aliphatic carbocycles. The maximum absolute atomic E-state index is 11.9. The molecule has 29 heavy (non-hydrogen) atoms. The smallest absolute Gasteiger partial charge is 0.341 e. The van der Waals surface area contributed by atoms with Gasteiger partial charge in [0, 0.05) is 11.8 Å². The van der Waals surface area contributed by atoms with Crippen molar-refractivity contribution >= 4 is 29.7 Å². The Kier molecular flexibility index (Phi) is 7.54. The molecule has 0 aromatic heterocycles. The summed E-state index contributed by atoms with van der Waals surface area (Å²) in [6.07, 6.45) is 1.29. The van der Waals surface area contributed by atoms with E-state index in [0.717, 1.165) is 0 Å². The van der Waals surface area contributed by atoms with Crippen molar-refractivity contribution in [3.63, 3.8) is 0 Å². The number of amides is 2. The Bertz CT molecular complexity index is 928. The normalized spacial score (nSPS) is 10.3. The highest BCUT2D eigenvalue weighted by Gasteiger charge is 2.13. The fourth-order valence-corrected chi connectivity index (χ4v) is 2.13. The average Bonchev–Trinajstić information content (AvgIpc) is 2.72. The van der Waals surface area contributed by atoms with Gasteiger partial charge in [-0.15, -0.1) is 0 Å². The molecule has 2 rings (SSSR count). The van der Waals surface area contributed by atoms with Gasteiger partial charge in [-0.25, -0.2) is 10.2 Å². The van der Waals surface area contributed by atoms with Gasteiger partial charge in [-0.2, -0.15) is 5.10 Å². The molecule has 152 valence electrons. The van der Waals surface area contributed by atoms with Gasteiger partial charge in [-0.3, -0.25) is 9.59 Å². The molecule has 0 aliphatic rings. The van der Waals surface area contributed by atoms with Gasteiger partial charge in [0.05, 0.1) is 20.4 Å². The van der Waals surface area contributed by atoms with Crippen LogP contribution >= 0.6 is 0 Å². The van der Waals surface area contributed by atoms with Crippen LogP contribution in [0, 0.1) is 0 Å². The summed E-state index contributed by atoms with van der Waals surface area (Å²) in [5.74, 6) is -1.91. The van der Waals surface area contributed by atoms with Gasteiger partial charge in [0.1, 0.15) is 5.75 Å². The topological polar surface area (TPSA) is 136 Å². The zero-order valence-electron chi connectivity index (χ0n) is 15.7. The molecule has 0 atom stereocenters. The van der Waals surface area contributed by atoms with Crippen LogP contribution in [0.5, 0.6) is 17.2 Å². The first-order valence-corrected chi connectivity index (χ1v) is 8.24. The summed E-state index contributed by atoms with van der Waals surface area (Å²) in [4.78, 5) is 34.3. The molecule has 0 aliphatic heterocycles. The molecule has 0 saturated heterocycles. The van der Waals surface area contributed by atoms with Crippen LogP contribution in [-0.4, -0.2) is 49.9 Å². The number of hydrazone groups is 1. The van der Waals surface area contributed by atoms with Crippen molar-refractivity contribution in [2.24, 2.45) is 5.10 Å². The Morgan fingerprint density at radius 3 is 2.52 bits per heavy atom. The largest absolute Gasteiger partial charge is 0.497 e. The average molecular weight is 401 g/mol. The Morgan fingerprint density at radius 2 is 1.83 bits per heavy atom. The Morgan fingerprint density at radius 1 is 1.03 bits per heavy atom. The lowest BCUT2D eigenvalue weighted by Gasteiger charge is -2.09. The number of carboxylic acids is 1. The molecule has 2 aromatic rings. The monoisotopic (exact) mass is 401 g/mol. The van der Waals surface area contributed by atoms with Gasteiger partial charge in [-0.05, 0) is 35.9 Å². The van der Waals surface area contributed by atoms with Crippen molar-refractivity contribution in [1.82, 2.24) is 5.43 Å². The van der Waals surface area contributed by atoms with Crippen LogP contribution < -0.4 is 25.0 Å². The van der Waals surface area contributed by atoms with Gasteiger partial charge in [-0.1, -0.05) is 6.07 Å². The Balaban J connectivity index is 1.94. The molecule has 0 unspecified atom stereocenters. The Hall–Kier alpha value is -4.08. The zero-order valence-corrected chi connectivity index (χ0v) is 15.7. The Labute approximate surface area is 166 Å². The van der Waals surface area contributed by atoms with E-state index in [2.05, 4.69) is 15.8 Å². The molecule has 10 nitrogen and oxygen atoms in total. The molecular weight excluding hydrogens is 382 g/mol. The van der Waals surface area contributed by atoms with Crippen LogP contribution in [0.15, 0.2) is 47.6 Å². The number of aliphatic carboxylic acids is 1. The third kappa shape index (κ3) is 6.54. The highest BCUT2D eigenvalue weighted by molar-refractivity contribution is 6.39. The van der Waals surface area contributed by atoms with Crippen molar-refractivity contribution < 1.29 is 33.7 Å². The number of anilines is 1. The lowest BCUT2D eigenvalue weighted by atomic mass is 10.2. The molecule has 2 amide bonds. The fraction of sp³-hybridized carbons (Fsp3) is 0.158. The molecule has 0 heterocycles. The van der Waals surface area contributed by atoms with Crippen LogP contribution in [-0.2, 0) is 14.4 Å². The molecule has 2 aromatic carbocycles. The summed E-state index contributed by atoms with van der Waals surface area (Å²) in [5, 5.41) is 14.8. The van der Waals surface area contributed by atoms with E-state index in [1.165, 1.54) is 32.6 Å². The minimum atomic E-state index is -1.12. The van der Waals surface area contributed by atoms with E-state index in [-0.39, 0.29) is 11.5 Å². The first kappa shape index (κ1) is 21.2. The molecule has 0 saturated carbocycles. The maximum atomic E-state index is 11.9. The standard InChI is InChI=1S/C19H19N3O7/c1-27-14-5-3-4-13(9-14)21-18(25)19(26)22-20-10-12-6-7-15(16(8-12)28-2)29-11-17(23)24/h3-10H,11H2,1-2H3,(H,21,25)(H,22,26)(H,23,24)/b20-10-. The minimum Gasteiger partial charge on any atom is -0.497 e. The third-order valence-corrected chi connectivity index (χ3v) is 3.45. The summed E-state index contributed by atoms with van der Waals surface area (Å²) in [6.45, 7) is -0.512. The van der Waals surface area contributed by atoms with E-state index in [0.29, 0.717) is 17.0 Å². The van der Waals surface area contributed by atoms with Crippen molar-refractivity contribution in [1.29, 1.82) is 0 Å². The van der Waals surface area contributed by atoms with Gasteiger partial charge >= 0.3 is 17.8 Å². The van der Waals surface area contributed by atoms with Crippen molar-refractivity contribution in [2.75, 3.05) is 26.1 Å². The number of hydrogen-bond acceptors (Lipinski definition) is 7. The van der Waals surface area contributed by atoms with Gasteiger partial charge in [0.25, 0.3) is 0 Å². The maximum Gasteiger partial charge on any atom is 0.341 e. The number of ether oxygens (including phenoxy) is 3. The molecule has 0 fully saturated rings. The number of benzene rings is 2. The van der Waals surface area contributed by atoms with E-state index >= 15 is 0 Å². The summed E-state index contributed by atoms with van der Waals surface area (Å²) in [6, 6.07) is 11.1. The first-order valence-electron chi connectivity index (χ1n) is 8.24. The molecule has 3 N–H and O–H groups in total. The second kappa shape index (κ2) is 10.3. The first-order chi connectivity index (χ1) is 13.9. The quantitative estimate of drug-likeness (QED) is 0.344. The van der Waals surface area contributed by atoms with Crippen LogP contribution in [0.1, 0.15) is 5.56 Å². The predicted molar refractivity (Wildman–Crippen MR) is 103 cm³/mol. The molecular formula is C19H19N3O7. The number of rotatable bonds is 8. The summed E-state index contributed by atoms with van der Waals surface area (Å²) in [5.41, 5.74) is 3.03. The van der Waals surface area contributed by atoms with E-state index < -0.39 is 24.4 Å². The van der Waals surface area contributed by atoms with E-state index in [4.69, 9.17) is 19.3 Å². The van der Waals surface area contributed by atoms with Crippen LogP contribution in [0.2, 0.25) is 0 Å². The SMILES string of the molecule is COc1cccc(NC(=O)C(=O)N/N=C\c2ccc(OCC(=O)O)c(OC)c2)c1. The summed E-state index contributed by atoms with van der Waals surface area (Å²) in [7, 11) is 2.89. The number of carbonyl (C=O) groups excluding carboxylic acids is 2. The van der Waals surface area contributed by atoms with E-state index in [1.54, 1.807) is 30.3 Å². The summed E-state index contributed by atoms with van der Waals surface area (Å²) >= 11 is 0. The second-order valence-corrected chi connectivity index (χ2v) is 5.48. The van der Waals surface area contributed by atoms with Crippen molar-refractivity contribution in [2.45, 2.75) is 0 Å². The van der Waals surface area contributed by atoms with Gasteiger partial charge < -0.3 is 24.6 Å². The highest BCUT2D eigenvalue weighted by atomic mass is 16.5. The fourth-order valence-electron chi connectivity index (χ4n) is 2.13. The van der Waals surface area contributed by atoms with Gasteiger partial charge in [0.2, 0.25) is 0 Å². The number of methoxy groups -OCH3 is 2. The molecule has 0 radical (unpaired) electrons. The van der Waals surface area contributed by atoms with Crippen LogP contribution in [0.4, 0.5) is 5.69 Å². The minimum absolute atomic E-state index is 0.244. The number of carbonyl (C=O) groups is 3. The number of nitrogens with one attached hydrogen (secondary N) is 2. The van der Waals surface area contributed by atoms with E-state index in [1.807, 2.05) is 0 Å². The predicted octanol–water partition coefficient (Wildman–Crippen LogP) is 1.26. The highest BCUT2D eigenvalue weighted by Crippen LogP contribution is 2.27. The lowest BCUT2D eigenvalue weighted by molar-refractivity contribution is -0.139. The number of nitrogens with zero attached hydrogens (tertiary/aromatic N) is 1. The van der Waals surface area contributed by atoms with E-state index in [9.17, 15) is 14.4 Å². The second-order valence-electron chi connectivity index (χ2n) is 5.48. The third-order valence-electron chi connectivity index (χ3n) is 3.45. The van der Waals surface area contributed by atoms with Crippen LogP contribution in [0.3, 0.4) is 0 Å². The van der Waals surface area contributed by atoms with Crippen molar-refractivity contribution in [3.8, 4) is 17.2 Å². The van der Waals surface area contributed by atoms with Gasteiger partial charge in [0.15, 0.2) is 18.1 Å². The van der Waals surface area contributed by atoms with Crippen LogP contribution in [0.25, 0.3) is 0 Å². The zero-order chi connectivity index (χ0) is 21.2. The summed E-state index contributed by atoms with van der Waals surface area (Å²) < 4.78 is 15.3. The number of carboxylic acid groups (broad SMARTS) is 1. The lowest BCUT2D eigenvalue weighted by Crippen LogP contribution is -2.32. The molecule has 0 spiro atoms. The molecule has 10 heteroatoms. The number of hydrogen-bond donors (Lipinski definition) is 3. The van der Waals surface area contributed by atoms with Crippen molar-refractivity contribution in [3.05, 3.63) is 48.0 Å².